The molecule has 0 aromatic heterocycles. The number of carbonyl (C=O) groups is 1. The Hall–Kier alpha value is 0.550. The molecule has 0 fully saturated rings. The molecule has 0 bridgehead atoms. The predicted molar refractivity (Wildman–Crippen MR) is 88.3 cm³/mol. The van der Waals surface area contributed by atoms with Crippen molar-refractivity contribution in [2.24, 2.45) is 5.90 Å². The van der Waals surface area contributed by atoms with Gasteiger partial charge in [0.2, 0.25) is 6.29 Å². The first-order valence-corrected chi connectivity index (χ1v) is 1.74. The molecule has 0 rings (SSSR count). The average Bonchev–Trinajstić information content (AvgIpc) is 1.67. The summed E-state index contributed by atoms with van der Waals surface area (Å²) in [5.41, 5.74) is 0. The van der Waals surface area contributed by atoms with Crippen LogP contribution in [0.4, 0.5) is 13.2 Å². The second-order valence-electron chi connectivity index (χ2n) is 0.895. The smallest absolute Gasteiger partial charge is 0.870 e. The van der Waals surface area contributed by atoms with Crippen LogP contribution in [0.1, 0.15) is 52.0 Å². The Balaban J connectivity index is -0.00000000259. The zero-order chi connectivity index (χ0) is 7.91. The topological polar surface area (TPSA) is 149 Å². The van der Waals surface area contributed by atoms with E-state index in [4.69, 9.17) is 4.79 Å². The summed E-state index contributed by atoms with van der Waals surface area (Å²) in [6, 6.07) is 0. The van der Waals surface area contributed by atoms with E-state index in [1.807, 2.05) is 0 Å². The molecule has 0 aliphatic heterocycles. The number of aldehydes is 1. The summed E-state index contributed by atoms with van der Waals surface area (Å²) >= 11 is 0. The molecule has 0 aliphatic carbocycles. The summed E-state index contributed by atoms with van der Waals surface area (Å²) in [6.45, 7) is 0. The molecule has 8 N–H and O–H groups in total. The number of hydrogen-bond donors (Lipinski definition) is 2. The second-order valence-corrected chi connectivity index (χ2v) is 0.895. The van der Waals surface area contributed by atoms with Crippen molar-refractivity contribution in [3.8, 4) is 0 Å². The van der Waals surface area contributed by atoms with Crippen LogP contribution in [0.3, 0.4) is 0 Å². The third-order valence-corrected chi connectivity index (χ3v) is 0.134. The molecule has 0 heterocycles. The largest absolute Gasteiger partial charge is 1.00 e. The second kappa shape index (κ2) is 107. The molecule has 11 heteroatoms. The van der Waals surface area contributed by atoms with Gasteiger partial charge in [-0.25, -0.2) is 5.90 Å². The Bertz CT molecular complexity index is 99.2. The number of alkyl halides is 3. The van der Waals surface area contributed by atoms with E-state index in [1.54, 1.807) is 0 Å². The molecular formula is C10H41ClF3N2NaO4. The molecule has 0 aromatic carbocycles. The van der Waals surface area contributed by atoms with Crippen molar-refractivity contribution in [1.29, 1.82) is 0 Å². The van der Waals surface area contributed by atoms with E-state index < -0.39 is 12.5 Å². The first-order chi connectivity index (χ1) is 3.97. The molecule has 0 saturated heterocycles. The van der Waals surface area contributed by atoms with Crippen LogP contribution in [0.5, 0.6) is 0 Å². The number of halogens is 4. The maximum absolute atomic E-state index is 10.4. The Morgan fingerprint density at radius 1 is 0.952 bits per heavy atom. The summed E-state index contributed by atoms with van der Waals surface area (Å²) < 4.78 is 31.2. The van der Waals surface area contributed by atoms with Crippen molar-refractivity contribution < 1.29 is 63.3 Å². The predicted octanol–water partition coefficient (Wildman–Crippen LogP) is 1.29. The third-order valence-electron chi connectivity index (χ3n) is 0.134. The first kappa shape index (κ1) is 160. The number of nitrogens with two attached hydrogens (primary N) is 1. The normalized spacial score (nSPS) is 4.05. The monoisotopic (exact) mass is 368 g/mol. The molecule has 0 spiro atoms. The maximum atomic E-state index is 10.4. The molecule has 6 nitrogen and oxygen atoms in total. The molecule has 0 atom stereocenters. The molecule has 0 aromatic rings. The minimum atomic E-state index is -4.64. The van der Waals surface area contributed by atoms with Crippen molar-refractivity contribution in [3.63, 3.8) is 0 Å². The minimum Gasteiger partial charge on any atom is -0.870 e. The fourth-order valence-corrected chi connectivity index (χ4v) is 0. The van der Waals surface area contributed by atoms with Gasteiger partial charge in [-0.15, -0.1) is 12.4 Å². The van der Waals surface area contributed by atoms with E-state index in [0.29, 0.717) is 0 Å². The van der Waals surface area contributed by atoms with Gasteiger partial charge in [-0.05, 0) is 0 Å². The fourth-order valence-electron chi connectivity index (χ4n) is 0. The standard InChI is InChI=1S/C2HF3O.CH5NO.7CH4.ClH.H3N.Na.2H2O/c3-2(4,5)1-6;1-3-2;;;;;;;;;;;;/h1H;2H2,1H3;7*1H4;1H;1H3;;2*1H2/q;;;;;;;;;;;+1;;/p-1. The molecule has 0 aliphatic rings. The maximum Gasteiger partial charge on any atom is 1.00 e. The van der Waals surface area contributed by atoms with Crippen LogP contribution < -0.4 is 41.6 Å². The van der Waals surface area contributed by atoms with Gasteiger partial charge in [0.15, 0.2) is 0 Å². The van der Waals surface area contributed by atoms with Gasteiger partial charge in [0, 0.05) is 0 Å². The number of carbonyl (C=O) groups excluding carboxylic acids is 1. The summed E-state index contributed by atoms with van der Waals surface area (Å²) in [5, 5.41) is 0. The average molecular weight is 369 g/mol. The van der Waals surface area contributed by atoms with Crippen molar-refractivity contribution in [3.05, 3.63) is 0 Å². The summed E-state index contributed by atoms with van der Waals surface area (Å²) in [6.07, 6.45) is -5.70. The first-order valence-electron chi connectivity index (χ1n) is 1.74. The fraction of sp³-hybridized carbons (Fsp3) is 0.900. The molecule has 0 unspecified atom stereocenters. The zero-order valence-corrected chi connectivity index (χ0v) is 10.5. The Morgan fingerprint density at radius 2 is 1.00 bits per heavy atom. The van der Waals surface area contributed by atoms with E-state index in [0.717, 1.165) is 0 Å². The van der Waals surface area contributed by atoms with Crippen LogP contribution in [-0.2, 0) is 9.63 Å². The number of hydrogen-bond acceptors (Lipinski definition) is 5. The molecule has 21 heavy (non-hydrogen) atoms. The van der Waals surface area contributed by atoms with Gasteiger partial charge in [0.25, 0.3) is 0 Å². The van der Waals surface area contributed by atoms with E-state index in [9.17, 15) is 13.2 Å². The van der Waals surface area contributed by atoms with E-state index in [2.05, 4.69) is 10.7 Å². The molecule has 0 amide bonds. The van der Waals surface area contributed by atoms with Crippen LogP contribution in [0.15, 0.2) is 0 Å². The van der Waals surface area contributed by atoms with Crippen LogP contribution in [0.2, 0.25) is 0 Å². The van der Waals surface area contributed by atoms with Crippen molar-refractivity contribution in [2.45, 2.75) is 58.2 Å². The number of rotatable bonds is 0. The van der Waals surface area contributed by atoms with E-state index in [1.165, 1.54) is 7.11 Å². The molecule has 144 valence electrons. The van der Waals surface area contributed by atoms with Crippen LogP contribution in [-0.4, -0.2) is 30.5 Å². The summed E-state index contributed by atoms with van der Waals surface area (Å²) in [4.78, 5) is 12.5. The zero-order valence-electron chi connectivity index (χ0n) is 7.67. The van der Waals surface area contributed by atoms with Crippen LogP contribution in [0.25, 0.3) is 0 Å². The molecular weight excluding hydrogens is 328 g/mol. The van der Waals surface area contributed by atoms with Gasteiger partial charge in [-0.2, -0.15) is 13.2 Å². The molecule has 0 saturated carbocycles. The Labute approximate surface area is 159 Å². The Morgan fingerprint density at radius 3 is 1.00 bits per heavy atom. The van der Waals surface area contributed by atoms with E-state index in [-0.39, 0.29) is 111 Å². The van der Waals surface area contributed by atoms with Crippen LogP contribution >= 0.6 is 12.4 Å². The van der Waals surface area contributed by atoms with Gasteiger partial charge in [-0.3, -0.25) is 4.79 Å². The quantitative estimate of drug-likeness (QED) is 0.375. The SMILES string of the molecule is C.C.C.C.C.C.C.CON.Cl.N.O.O=CC(F)(F)F.[Na+].[OH-]. The van der Waals surface area contributed by atoms with Crippen molar-refractivity contribution in [1.82, 2.24) is 6.15 Å². The van der Waals surface area contributed by atoms with Crippen LogP contribution in [0, 0.1) is 0 Å². The Kier molecular flexibility index (Phi) is 817. The molecule has 0 radical (unpaired) electrons. The van der Waals surface area contributed by atoms with Crippen molar-refractivity contribution >= 4 is 18.7 Å². The van der Waals surface area contributed by atoms with E-state index >= 15 is 0 Å². The third kappa shape index (κ3) is 561. The minimum absolute atomic E-state index is 0. The van der Waals surface area contributed by atoms with Gasteiger partial charge < -0.3 is 21.9 Å². The summed E-state index contributed by atoms with van der Waals surface area (Å²) in [7, 11) is 1.40. The van der Waals surface area contributed by atoms with Gasteiger partial charge in [0.1, 0.15) is 0 Å². The van der Waals surface area contributed by atoms with Gasteiger partial charge in [0.05, 0.1) is 7.11 Å². The van der Waals surface area contributed by atoms with Gasteiger partial charge in [-0.1, -0.05) is 52.0 Å². The van der Waals surface area contributed by atoms with Gasteiger partial charge >= 0.3 is 35.7 Å². The summed E-state index contributed by atoms with van der Waals surface area (Å²) in [5.74, 6) is 4.35. The van der Waals surface area contributed by atoms with Crippen molar-refractivity contribution in [2.75, 3.05) is 7.11 Å².